The van der Waals surface area contributed by atoms with Crippen molar-refractivity contribution in [1.82, 2.24) is 15.3 Å². The predicted octanol–water partition coefficient (Wildman–Crippen LogP) is 4.57. The minimum absolute atomic E-state index is 0.0657. The molecular weight excluding hydrogens is 561 g/mol. The van der Waals surface area contributed by atoms with Crippen LogP contribution in [0.1, 0.15) is 33.8 Å². The molecule has 3 aromatic carbocycles. The van der Waals surface area contributed by atoms with Crippen LogP contribution in [0.15, 0.2) is 91.0 Å². The lowest BCUT2D eigenvalue weighted by Gasteiger charge is -2.39. The van der Waals surface area contributed by atoms with E-state index in [0.29, 0.717) is 12.0 Å². The minimum Gasteiger partial charge on any atom is -0.480 e. The molecule has 1 heterocycles. The number of carboxylic acids is 1. The number of carboxylic acid groups (broad SMARTS) is 1. The van der Waals surface area contributed by atoms with Gasteiger partial charge in [-0.15, -0.1) is 11.8 Å². The van der Waals surface area contributed by atoms with E-state index in [-0.39, 0.29) is 24.4 Å². The molecule has 0 aliphatic carbocycles. The number of nitrogens with zero attached hydrogens (tertiary/aromatic N) is 1. The second kappa shape index (κ2) is 14.5. The molecule has 4 atom stereocenters. The van der Waals surface area contributed by atoms with E-state index in [1.54, 1.807) is 31.2 Å². The second-order valence-corrected chi connectivity index (χ2v) is 13.0. The fourth-order valence-corrected chi connectivity index (χ4v) is 8.37. The lowest BCUT2D eigenvalue weighted by atomic mass is 10.1. The van der Waals surface area contributed by atoms with E-state index in [9.17, 15) is 24.1 Å². The van der Waals surface area contributed by atoms with Crippen LogP contribution >= 0.6 is 19.3 Å². The summed E-state index contributed by atoms with van der Waals surface area (Å²) >= 11 is 1.40. The highest BCUT2D eigenvalue weighted by molar-refractivity contribution is 7.99. The molecule has 0 spiro atoms. The molecule has 3 N–H and O–H groups in total. The van der Waals surface area contributed by atoms with Crippen LogP contribution < -0.4 is 10.4 Å². The predicted molar refractivity (Wildman–Crippen MR) is 160 cm³/mol. The Labute approximate surface area is 244 Å². The Bertz CT molecular complexity index is 1360. The van der Waals surface area contributed by atoms with Crippen LogP contribution in [-0.2, 0) is 25.1 Å². The molecule has 3 aromatic rings. The Balaban J connectivity index is 1.55. The fourth-order valence-electron chi connectivity index (χ4n) is 4.75. The first-order valence-corrected chi connectivity index (χ1v) is 16.2. The Morgan fingerprint density at radius 1 is 1.02 bits per heavy atom. The van der Waals surface area contributed by atoms with Gasteiger partial charge in [0.15, 0.2) is 0 Å². The zero-order valence-electron chi connectivity index (χ0n) is 22.7. The molecular formula is C30H34N3O6PS. The lowest BCUT2D eigenvalue weighted by Crippen LogP contribution is -2.53. The Morgan fingerprint density at radius 3 is 2.24 bits per heavy atom. The van der Waals surface area contributed by atoms with E-state index in [2.05, 4.69) is 10.4 Å². The summed E-state index contributed by atoms with van der Waals surface area (Å²) in [5.74, 6) is -1.64. The highest BCUT2D eigenvalue weighted by Gasteiger charge is 2.41. The first-order chi connectivity index (χ1) is 19.8. The molecule has 3 unspecified atom stereocenters. The summed E-state index contributed by atoms with van der Waals surface area (Å²) in [6.07, 6.45) is 0.330. The molecule has 11 heteroatoms. The van der Waals surface area contributed by atoms with Gasteiger partial charge >= 0.3 is 5.97 Å². The number of rotatable bonds is 13. The van der Waals surface area contributed by atoms with E-state index in [1.807, 2.05) is 66.7 Å². The highest BCUT2D eigenvalue weighted by Crippen LogP contribution is 2.46. The molecule has 4 rings (SSSR count). The van der Waals surface area contributed by atoms with Crippen LogP contribution in [0.3, 0.4) is 0 Å². The number of amides is 2. The highest BCUT2D eigenvalue weighted by atomic mass is 32.2. The molecule has 1 aliphatic rings. The number of hydrogen-bond donors (Lipinski definition) is 3. The van der Waals surface area contributed by atoms with Gasteiger partial charge in [0.1, 0.15) is 18.0 Å². The average molecular weight is 596 g/mol. The van der Waals surface area contributed by atoms with Gasteiger partial charge in [0.25, 0.3) is 13.4 Å². The summed E-state index contributed by atoms with van der Waals surface area (Å²) in [6.45, 7) is 1.34. The summed E-state index contributed by atoms with van der Waals surface area (Å²) in [5.41, 5.74) is 2.22. The Hall–Kier alpha value is -3.43. The third-order valence-corrected chi connectivity index (χ3v) is 10.2. The number of carbonyl (C=O) groups excluding carboxylic acids is 2. The van der Waals surface area contributed by atoms with Gasteiger partial charge in [-0.05, 0) is 36.6 Å². The van der Waals surface area contributed by atoms with Crippen molar-refractivity contribution in [2.45, 2.75) is 30.8 Å². The van der Waals surface area contributed by atoms with Crippen molar-refractivity contribution < 1.29 is 28.6 Å². The maximum atomic E-state index is 14.2. The van der Waals surface area contributed by atoms with Gasteiger partial charge < -0.3 is 19.8 Å². The SMILES string of the molecule is CCOP(=O)(CC(Cc1ccccc1)NC(=O)c1ccccc1)NC1CS[C@H](c2ccccc2)N(CC(=O)O)C1=O. The molecule has 0 radical (unpaired) electrons. The van der Waals surface area contributed by atoms with Crippen molar-refractivity contribution in [3.8, 4) is 0 Å². The van der Waals surface area contributed by atoms with Crippen molar-refractivity contribution in [2.24, 2.45) is 0 Å². The number of aliphatic carboxylic acids is 1. The van der Waals surface area contributed by atoms with Crippen LogP contribution in [-0.4, -0.2) is 64.9 Å². The normalized spacial score (nSPS) is 19.2. The molecule has 41 heavy (non-hydrogen) atoms. The monoisotopic (exact) mass is 595 g/mol. The topological polar surface area (TPSA) is 125 Å². The first-order valence-electron chi connectivity index (χ1n) is 13.4. The molecule has 2 amide bonds. The maximum absolute atomic E-state index is 14.2. The van der Waals surface area contributed by atoms with Crippen LogP contribution in [0.25, 0.3) is 0 Å². The van der Waals surface area contributed by atoms with Crippen molar-refractivity contribution in [3.63, 3.8) is 0 Å². The van der Waals surface area contributed by atoms with Crippen molar-refractivity contribution in [1.29, 1.82) is 0 Å². The summed E-state index contributed by atoms with van der Waals surface area (Å²) in [7, 11) is -3.69. The summed E-state index contributed by atoms with van der Waals surface area (Å²) in [5, 5.41) is 15.0. The lowest BCUT2D eigenvalue weighted by molar-refractivity contribution is -0.145. The maximum Gasteiger partial charge on any atom is 0.323 e. The van der Waals surface area contributed by atoms with E-state index < -0.39 is 43.4 Å². The quantitative estimate of drug-likeness (QED) is 0.246. The number of thioether (sulfide) groups is 1. The Kier molecular flexibility index (Phi) is 10.8. The van der Waals surface area contributed by atoms with E-state index in [1.165, 1.54) is 16.7 Å². The minimum atomic E-state index is -3.69. The number of nitrogens with one attached hydrogen (secondary N) is 2. The largest absolute Gasteiger partial charge is 0.480 e. The molecule has 9 nitrogen and oxygen atoms in total. The van der Waals surface area contributed by atoms with Crippen LogP contribution in [0.4, 0.5) is 0 Å². The van der Waals surface area contributed by atoms with Gasteiger partial charge in [-0.25, -0.2) is 5.09 Å². The van der Waals surface area contributed by atoms with Gasteiger partial charge in [0, 0.05) is 17.4 Å². The average Bonchev–Trinajstić information content (AvgIpc) is 2.96. The van der Waals surface area contributed by atoms with Gasteiger partial charge in [0.05, 0.1) is 12.8 Å². The molecule has 1 fully saturated rings. The van der Waals surface area contributed by atoms with Crippen molar-refractivity contribution >= 4 is 37.1 Å². The first kappa shape index (κ1) is 30.5. The van der Waals surface area contributed by atoms with Gasteiger partial charge in [-0.1, -0.05) is 78.9 Å². The zero-order chi connectivity index (χ0) is 29.2. The number of hydrogen-bond acceptors (Lipinski definition) is 6. The van der Waals surface area contributed by atoms with E-state index in [4.69, 9.17) is 4.52 Å². The van der Waals surface area contributed by atoms with Gasteiger partial charge in [-0.2, -0.15) is 0 Å². The van der Waals surface area contributed by atoms with Crippen LogP contribution in [0.2, 0.25) is 0 Å². The fraction of sp³-hybridized carbons (Fsp3) is 0.300. The van der Waals surface area contributed by atoms with E-state index in [0.717, 1.165) is 11.1 Å². The van der Waals surface area contributed by atoms with Crippen LogP contribution in [0, 0.1) is 0 Å². The molecule has 1 aliphatic heterocycles. The summed E-state index contributed by atoms with van der Waals surface area (Å²) < 4.78 is 20.0. The summed E-state index contributed by atoms with van der Waals surface area (Å²) in [6, 6.07) is 26.0. The Morgan fingerprint density at radius 2 is 1.63 bits per heavy atom. The standard InChI is InChI=1S/C30H34N3O6PS/c1-2-39-40(38,20-25(18-22-12-6-3-7-13-22)31-28(36)23-14-8-4-9-15-23)32-26-21-41-30(24-16-10-5-11-17-24)33(29(26)37)19-27(34)35/h3-17,25-26,30H,2,18-21H2,1H3,(H,31,36)(H,32,38)(H,34,35)/t25?,26?,30-,40?/m1/s1. The van der Waals surface area contributed by atoms with Gasteiger partial charge in [0.2, 0.25) is 5.91 Å². The smallest absolute Gasteiger partial charge is 0.323 e. The molecule has 0 saturated carbocycles. The third-order valence-electron chi connectivity index (χ3n) is 6.52. The molecule has 216 valence electrons. The van der Waals surface area contributed by atoms with Crippen LogP contribution in [0.5, 0.6) is 0 Å². The third kappa shape index (κ3) is 8.53. The number of carbonyl (C=O) groups is 3. The van der Waals surface area contributed by atoms with Crippen molar-refractivity contribution in [3.05, 3.63) is 108 Å². The molecule has 0 bridgehead atoms. The summed E-state index contributed by atoms with van der Waals surface area (Å²) in [4.78, 5) is 39.6. The molecule has 0 aromatic heterocycles. The van der Waals surface area contributed by atoms with E-state index >= 15 is 0 Å². The second-order valence-electron chi connectivity index (χ2n) is 9.64. The number of benzene rings is 3. The zero-order valence-corrected chi connectivity index (χ0v) is 24.4. The molecule has 1 saturated heterocycles. The van der Waals surface area contributed by atoms with Gasteiger partial charge in [-0.3, -0.25) is 18.9 Å². The van der Waals surface area contributed by atoms with Crippen molar-refractivity contribution in [2.75, 3.05) is 25.1 Å².